The fraction of sp³-hybridized carbons (Fsp3) is 0.182. The Kier molecular flexibility index (Phi) is 6.69. The van der Waals surface area contributed by atoms with Gasteiger partial charge in [-0.2, -0.15) is 0 Å². The van der Waals surface area contributed by atoms with E-state index in [4.69, 9.17) is 14.1 Å². The minimum absolute atomic E-state index is 0.313. The lowest BCUT2D eigenvalue weighted by Gasteiger charge is -2.22. The topological polar surface area (TPSA) is 102 Å². The number of ether oxygens (including phenoxy) is 1. The van der Waals surface area contributed by atoms with Crippen LogP contribution in [-0.4, -0.2) is 52.1 Å². The van der Waals surface area contributed by atoms with Crippen LogP contribution >= 0.6 is 0 Å². The summed E-state index contributed by atoms with van der Waals surface area (Å²) in [5.41, 5.74) is 7.98. The third-order valence-electron chi connectivity index (χ3n) is 8.13. The number of hydrogen-bond acceptors (Lipinski definition) is 6. The van der Waals surface area contributed by atoms with Gasteiger partial charge in [-0.1, -0.05) is 6.07 Å². The largest absolute Gasteiger partial charge is 0.481 e. The quantitative estimate of drug-likeness (QED) is 0.250. The molecular formula is C33H28FN5O4S. The molecular weight excluding hydrogens is 581 g/mol. The van der Waals surface area contributed by atoms with E-state index in [0.717, 1.165) is 41.0 Å². The van der Waals surface area contributed by atoms with E-state index in [2.05, 4.69) is 20.9 Å². The SMILES string of the molecule is CNC(=O)c1c(-c2ccc(F)cc2)oc2cc(N(C)S(C)=O)c(-c3ccc4c(n3)-c3cc5nc(OC)ccc5n3CC4)cc12. The Balaban J connectivity index is 1.46. The summed E-state index contributed by atoms with van der Waals surface area (Å²) >= 11 is 0. The van der Waals surface area contributed by atoms with Crippen molar-refractivity contribution in [3.63, 3.8) is 0 Å². The van der Waals surface area contributed by atoms with Crippen molar-refractivity contribution in [3.05, 3.63) is 83.7 Å². The highest BCUT2D eigenvalue weighted by molar-refractivity contribution is 7.85. The van der Waals surface area contributed by atoms with Crippen molar-refractivity contribution < 1.29 is 22.5 Å². The number of nitrogens with zero attached hydrogens (tertiary/aromatic N) is 4. The number of anilines is 1. The Labute approximate surface area is 254 Å². The second-order valence-electron chi connectivity index (χ2n) is 10.6. The van der Waals surface area contributed by atoms with E-state index in [0.29, 0.717) is 50.7 Å². The molecule has 4 aromatic heterocycles. The predicted octanol–water partition coefficient (Wildman–Crippen LogP) is 5.97. The molecule has 1 amide bonds. The van der Waals surface area contributed by atoms with Crippen LogP contribution in [0.4, 0.5) is 10.1 Å². The monoisotopic (exact) mass is 609 g/mol. The highest BCUT2D eigenvalue weighted by Gasteiger charge is 2.27. The highest BCUT2D eigenvalue weighted by atomic mass is 32.2. The third-order valence-corrected chi connectivity index (χ3v) is 9.10. The van der Waals surface area contributed by atoms with Crippen molar-refractivity contribution in [2.75, 3.05) is 31.8 Å². The first kappa shape index (κ1) is 27.8. The lowest BCUT2D eigenvalue weighted by molar-refractivity contribution is 0.0964. The molecule has 0 aliphatic carbocycles. The zero-order valence-corrected chi connectivity index (χ0v) is 25.3. The van der Waals surface area contributed by atoms with Gasteiger partial charge in [0.15, 0.2) is 0 Å². The molecule has 1 aliphatic rings. The molecule has 1 atom stereocenters. The van der Waals surface area contributed by atoms with Crippen molar-refractivity contribution in [3.8, 4) is 39.8 Å². The van der Waals surface area contributed by atoms with Gasteiger partial charge < -0.3 is 19.0 Å². The molecule has 5 heterocycles. The van der Waals surface area contributed by atoms with Crippen molar-refractivity contribution in [2.45, 2.75) is 13.0 Å². The van der Waals surface area contributed by atoms with Crippen LogP contribution in [0.5, 0.6) is 5.88 Å². The van der Waals surface area contributed by atoms with E-state index in [-0.39, 0.29) is 5.91 Å². The Hall–Kier alpha value is -5.03. The smallest absolute Gasteiger partial charge is 0.255 e. The predicted molar refractivity (Wildman–Crippen MR) is 170 cm³/mol. The van der Waals surface area contributed by atoms with E-state index in [1.165, 1.54) is 12.1 Å². The Morgan fingerprint density at radius 2 is 1.89 bits per heavy atom. The number of halogens is 1. The molecule has 1 aliphatic heterocycles. The Morgan fingerprint density at radius 3 is 2.61 bits per heavy atom. The summed E-state index contributed by atoms with van der Waals surface area (Å²) in [5, 5.41) is 3.26. The molecule has 6 aromatic rings. The van der Waals surface area contributed by atoms with Gasteiger partial charge in [-0.05, 0) is 60.5 Å². The number of hydrogen-bond donors (Lipinski definition) is 1. The zero-order chi connectivity index (χ0) is 30.7. The van der Waals surface area contributed by atoms with Gasteiger partial charge in [0.05, 0.1) is 46.5 Å². The standard InChI is InChI=1S/C33H28FN5O4S/c1-35-33(40)30-22-15-21(26(38(2)44(4)41)17-28(22)43-32(30)19-5-8-20(34)9-6-19)23-10-7-18-13-14-39-25-11-12-29(42-3)36-24(25)16-27(39)31(18)37-23/h5-12,15-17H,13-14H2,1-4H3,(H,35,40). The number of carbonyl (C=O) groups is 1. The van der Waals surface area contributed by atoms with Crippen LogP contribution < -0.4 is 14.4 Å². The van der Waals surface area contributed by atoms with Gasteiger partial charge in [-0.25, -0.2) is 18.6 Å². The first-order valence-electron chi connectivity index (χ1n) is 14.0. The molecule has 9 nitrogen and oxygen atoms in total. The molecule has 0 saturated carbocycles. The molecule has 0 spiro atoms. The molecule has 0 radical (unpaired) electrons. The number of pyridine rings is 2. The summed E-state index contributed by atoms with van der Waals surface area (Å²) < 4.78 is 41.9. The number of aromatic nitrogens is 3. The summed E-state index contributed by atoms with van der Waals surface area (Å²) in [6.07, 6.45) is 2.40. The van der Waals surface area contributed by atoms with Crippen molar-refractivity contribution in [1.82, 2.24) is 19.9 Å². The van der Waals surface area contributed by atoms with E-state index in [1.807, 2.05) is 30.3 Å². The maximum atomic E-state index is 13.7. The molecule has 1 N–H and O–H groups in total. The Morgan fingerprint density at radius 1 is 1.09 bits per heavy atom. The number of rotatable bonds is 6. The van der Waals surface area contributed by atoms with Crippen LogP contribution in [0.3, 0.4) is 0 Å². The third kappa shape index (κ3) is 4.43. The Bertz CT molecular complexity index is 2140. The van der Waals surface area contributed by atoms with Gasteiger partial charge in [0.25, 0.3) is 5.91 Å². The van der Waals surface area contributed by atoms with Crippen molar-refractivity contribution in [1.29, 1.82) is 0 Å². The number of furan rings is 1. The van der Waals surface area contributed by atoms with E-state index >= 15 is 0 Å². The second kappa shape index (κ2) is 10.6. The van der Waals surface area contributed by atoms with Gasteiger partial charge >= 0.3 is 0 Å². The molecule has 44 heavy (non-hydrogen) atoms. The van der Waals surface area contributed by atoms with E-state index in [9.17, 15) is 13.4 Å². The van der Waals surface area contributed by atoms with E-state index in [1.54, 1.807) is 50.0 Å². The molecule has 0 saturated heterocycles. The first-order valence-corrected chi connectivity index (χ1v) is 15.5. The van der Waals surface area contributed by atoms with Gasteiger partial charge in [0.1, 0.15) is 28.1 Å². The van der Waals surface area contributed by atoms with Crippen LogP contribution in [-0.2, 0) is 24.0 Å². The summed E-state index contributed by atoms with van der Waals surface area (Å²) in [4.78, 5) is 23.0. The molecule has 0 bridgehead atoms. The lowest BCUT2D eigenvalue weighted by atomic mass is 9.98. The fourth-order valence-electron chi connectivity index (χ4n) is 5.86. The molecule has 0 fully saturated rings. The molecule has 222 valence electrons. The second-order valence-corrected chi connectivity index (χ2v) is 12.0. The number of amides is 1. The summed E-state index contributed by atoms with van der Waals surface area (Å²) in [6.45, 7) is 0.798. The van der Waals surface area contributed by atoms with Crippen molar-refractivity contribution in [2.24, 2.45) is 0 Å². The number of benzene rings is 2. The molecule has 11 heteroatoms. The summed E-state index contributed by atoms with van der Waals surface area (Å²) in [7, 11) is 3.51. The van der Waals surface area contributed by atoms with E-state index < -0.39 is 16.8 Å². The molecule has 2 aromatic carbocycles. The average molecular weight is 610 g/mol. The number of aryl methyl sites for hydroxylation is 2. The number of methoxy groups -OCH3 is 1. The lowest BCUT2D eigenvalue weighted by Crippen LogP contribution is -2.20. The normalized spacial score (nSPS) is 13.0. The van der Waals surface area contributed by atoms with Crippen LogP contribution in [0.1, 0.15) is 15.9 Å². The number of carbonyl (C=O) groups excluding carboxylic acids is 1. The maximum Gasteiger partial charge on any atom is 0.255 e. The number of nitrogens with one attached hydrogen (secondary N) is 1. The summed E-state index contributed by atoms with van der Waals surface area (Å²) in [5.74, 6) is 0.118. The molecule has 7 rings (SSSR count). The van der Waals surface area contributed by atoms with Gasteiger partial charge in [0.2, 0.25) is 5.88 Å². The minimum atomic E-state index is -1.37. The molecule has 1 unspecified atom stereocenters. The maximum absolute atomic E-state index is 13.7. The minimum Gasteiger partial charge on any atom is -0.481 e. The zero-order valence-electron chi connectivity index (χ0n) is 24.5. The average Bonchev–Trinajstić information content (AvgIpc) is 3.61. The van der Waals surface area contributed by atoms with Crippen LogP contribution in [0.15, 0.2) is 71.1 Å². The first-order chi connectivity index (χ1) is 21.3. The van der Waals surface area contributed by atoms with Crippen LogP contribution in [0, 0.1) is 5.82 Å². The van der Waals surface area contributed by atoms with Crippen molar-refractivity contribution >= 4 is 44.6 Å². The number of fused-ring (bicyclic) bond motifs is 6. The van der Waals surface area contributed by atoms with Crippen LogP contribution in [0.2, 0.25) is 0 Å². The van der Waals surface area contributed by atoms with Crippen LogP contribution in [0.25, 0.3) is 56.0 Å². The van der Waals surface area contributed by atoms with Gasteiger partial charge in [-0.3, -0.25) is 9.10 Å². The van der Waals surface area contributed by atoms with Gasteiger partial charge in [0, 0.05) is 55.5 Å². The van der Waals surface area contributed by atoms with Gasteiger partial charge in [-0.15, -0.1) is 0 Å². The summed E-state index contributed by atoms with van der Waals surface area (Å²) in [6, 6.07) is 19.3. The highest BCUT2D eigenvalue weighted by Crippen LogP contribution is 2.42. The fourth-order valence-corrected chi connectivity index (χ4v) is 6.28.